The first-order chi connectivity index (χ1) is 9.95. The Hall–Kier alpha value is -0.430. The fourth-order valence-electron chi connectivity index (χ4n) is 2.24. The number of hydrogen-bond acceptors (Lipinski definition) is 4. The maximum atomic E-state index is 12.8. The van der Waals surface area contributed by atoms with Crippen LogP contribution in [-0.2, 0) is 16.4 Å². The Kier molecular flexibility index (Phi) is 5.82. The van der Waals surface area contributed by atoms with E-state index in [2.05, 4.69) is 19.2 Å². The second kappa shape index (κ2) is 7.22. The number of nitrogens with zero attached hydrogens (tertiary/aromatic N) is 1. The number of sulfonamides is 1. The van der Waals surface area contributed by atoms with E-state index in [1.54, 1.807) is 10.4 Å². The summed E-state index contributed by atoms with van der Waals surface area (Å²) in [6.07, 6.45) is 3.82. The van der Waals surface area contributed by atoms with Crippen LogP contribution in [-0.4, -0.2) is 38.9 Å². The van der Waals surface area contributed by atoms with E-state index in [4.69, 9.17) is 0 Å². The summed E-state index contributed by atoms with van der Waals surface area (Å²) in [6, 6.07) is 3.95. The van der Waals surface area contributed by atoms with Gasteiger partial charge in [-0.25, -0.2) is 8.42 Å². The average molecular weight is 331 g/mol. The standard InChI is InChI=1S/C15H26N2O2S2/c1-12(2)9-11-17(13-4-5-13)21(18,19)15-7-6-14(20-15)8-10-16-3/h6-7,12-13,16H,4-5,8-11H2,1-3H3. The van der Waals surface area contributed by atoms with Crippen molar-refractivity contribution in [2.24, 2.45) is 5.92 Å². The first kappa shape index (κ1) is 16.9. The van der Waals surface area contributed by atoms with Gasteiger partial charge in [-0.1, -0.05) is 13.8 Å². The Balaban J connectivity index is 2.12. The highest BCUT2D eigenvalue weighted by Gasteiger charge is 2.38. The Morgan fingerprint density at radius 3 is 2.67 bits per heavy atom. The highest BCUT2D eigenvalue weighted by Crippen LogP contribution is 2.34. The van der Waals surface area contributed by atoms with Crippen LogP contribution in [0.2, 0.25) is 0 Å². The van der Waals surface area contributed by atoms with Crippen LogP contribution in [0.5, 0.6) is 0 Å². The molecule has 0 aromatic carbocycles. The van der Waals surface area contributed by atoms with Crippen LogP contribution in [0.1, 0.15) is 38.0 Å². The summed E-state index contributed by atoms with van der Waals surface area (Å²) in [5, 5.41) is 3.09. The van der Waals surface area contributed by atoms with Crippen molar-refractivity contribution in [1.29, 1.82) is 0 Å². The van der Waals surface area contributed by atoms with Crippen molar-refractivity contribution in [3.8, 4) is 0 Å². The fraction of sp³-hybridized carbons (Fsp3) is 0.733. The Labute approximate surface area is 132 Å². The molecule has 1 aliphatic carbocycles. The molecule has 0 spiro atoms. The van der Waals surface area contributed by atoms with Crippen molar-refractivity contribution < 1.29 is 8.42 Å². The van der Waals surface area contributed by atoms with Crippen molar-refractivity contribution in [3.05, 3.63) is 17.0 Å². The molecule has 0 atom stereocenters. The van der Waals surface area contributed by atoms with Gasteiger partial charge in [-0.3, -0.25) is 0 Å². The molecule has 0 bridgehead atoms. The number of thiophene rings is 1. The maximum Gasteiger partial charge on any atom is 0.252 e. The van der Waals surface area contributed by atoms with Gasteiger partial charge >= 0.3 is 0 Å². The van der Waals surface area contributed by atoms with Gasteiger partial charge in [0, 0.05) is 17.5 Å². The summed E-state index contributed by atoms with van der Waals surface area (Å²) < 4.78 is 27.9. The monoisotopic (exact) mass is 330 g/mol. The van der Waals surface area contributed by atoms with E-state index in [0.717, 1.165) is 37.1 Å². The normalized spacial score (nSPS) is 16.0. The maximum absolute atomic E-state index is 12.8. The quantitative estimate of drug-likeness (QED) is 0.757. The average Bonchev–Trinajstić information content (AvgIpc) is 3.12. The van der Waals surface area contributed by atoms with Crippen LogP contribution in [0.15, 0.2) is 16.3 Å². The van der Waals surface area contributed by atoms with Crippen LogP contribution in [0.4, 0.5) is 0 Å². The lowest BCUT2D eigenvalue weighted by molar-refractivity contribution is 0.374. The van der Waals surface area contributed by atoms with Gasteiger partial charge in [0.25, 0.3) is 10.0 Å². The van der Waals surface area contributed by atoms with Gasteiger partial charge < -0.3 is 5.32 Å². The topological polar surface area (TPSA) is 49.4 Å². The van der Waals surface area contributed by atoms with E-state index in [0.29, 0.717) is 16.7 Å². The minimum Gasteiger partial charge on any atom is -0.319 e. The van der Waals surface area contributed by atoms with Crippen LogP contribution in [0.3, 0.4) is 0 Å². The van der Waals surface area contributed by atoms with Crippen LogP contribution in [0, 0.1) is 5.92 Å². The van der Waals surface area contributed by atoms with Gasteiger partial charge in [-0.2, -0.15) is 4.31 Å². The molecule has 1 saturated carbocycles. The number of rotatable bonds is 9. The third-order valence-corrected chi connectivity index (χ3v) is 7.27. The summed E-state index contributed by atoms with van der Waals surface area (Å²) in [5.41, 5.74) is 0. The number of likely N-dealkylation sites (N-methyl/N-ethyl adjacent to an activating group) is 1. The molecule has 1 N–H and O–H groups in total. The van der Waals surface area contributed by atoms with Crippen molar-refractivity contribution in [3.63, 3.8) is 0 Å². The SMILES string of the molecule is CNCCc1ccc(S(=O)(=O)N(CCC(C)C)C2CC2)s1. The smallest absolute Gasteiger partial charge is 0.252 e. The molecule has 0 aliphatic heterocycles. The molecule has 1 aromatic rings. The van der Waals surface area contributed by atoms with Gasteiger partial charge in [0.2, 0.25) is 0 Å². The van der Waals surface area contributed by atoms with E-state index in [1.807, 2.05) is 13.1 Å². The van der Waals surface area contributed by atoms with Gasteiger partial charge in [0.15, 0.2) is 0 Å². The second-order valence-corrected chi connectivity index (χ2v) is 9.39. The zero-order chi connectivity index (χ0) is 15.5. The number of hydrogen-bond donors (Lipinski definition) is 1. The number of nitrogens with one attached hydrogen (secondary N) is 1. The van der Waals surface area contributed by atoms with Crippen LogP contribution >= 0.6 is 11.3 Å². The molecule has 0 radical (unpaired) electrons. The first-order valence-electron chi connectivity index (χ1n) is 7.70. The molecule has 0 unspecified atom stereocenters. The van der Waals surface area contributed by atoms with Crippen molar-refractivity contribution in [2.75, 3.05) is 20.1 Å². The summed E-state index contributed by atoms with van der Waals surface area (Å²) in [7, 11) is -1.40. The minimum atomic E-state index is -3.31. The van der Waals surface area contributed by atoms with Crippen molar-refractivity contribution >= 4 is 21.4 Å². The molecule has 1 aromatic heterocycles. The summed E-state index contributed by atoms with van der Waals surface area (Å²) >= 11 is 1.42. The van der Waals surface area contributed by atoms with Gasteiger partial charge in [-0.15, -0.1) is 11.3 Å². The molecular formula is C15H26N2O2S2. The molecule has 0 saturated heterocycles. The van der Waals surface area contributed by atoms with E-state index in [1.165, 1.54) is 11.3 Å². The molecule has 21 heavy (non-hydrogen) atoms. The molecular weight excluding hydrogens is 304 g/mol. The minimum absolute atomic E-state index is 0.233. The second-order valence-electron chi connectivity index (χ2n) is 6.10. The molecule has 120 valence electrons. The van der Waals surface area contributed by atoms with Gasteiger partial charge in [0.05, 0.1) is 0 Å². The molecule has 2 rings (SSSR count). The Morgan fingerprint density at radius 1 is 1.38 bits per heavy atom. The fourth-order valence-corrected chi connectivity index (χ4v) is 5.43. The molecule has 6 heteroatoms. The third kappa shape index (κ3) is 4.52. The molecule has 1 aliphatic rings. The lowest BCUT2D eigenvalue weighted by atomic mass is 10.1. The Morgan fingerprint density at radius 2 is 2.10 bits per heavy atom. The van der Waals surface area contributed by atoms with Crippen molar-refractivity contribution in [1.82, 2.24) is 9.62 Å². The summed E-state index contributed by atoms with van der Waals surface area (Å²) in [5.74, 6) is 0.524. The van der Waals surface area contributed by atoms with Gasteiger partial charge in [-0.05, 0) is 57.3 Å². The van der Waals surface area contributed by atoms with E-state index < -0.39 is 10.0 Å². The highest BCUT2D eigenvalue weighted by molar-refractivity contribution is 7.91. The van der Waals surface area contributed by atoms with Crippen LogP contribution < -0.4 is 5.32 Å². The lowest BCUT2D eigenvalue weighted by Gasteiger charge is -2.21. The Bertz CT molecular complexity index is 548. The molecule has 1 fully saturated rings. The van der Waals surface area contributed by atoms with E-state index in [9.17, 15) is 8.42 Å². The lowest BCUT2D eigenvalue weighted by Crippen LogP contribution is -2.34. The largest absolute Gasteiger partial charge is 0.319 e. The first-order valence-corrected chi connectivity index (χ1v) is 9.96. The van der Waals surface area contributed by atoms with Gasteiger partial charge in [0.1, 0.15) is 4.21 Å². The molecule has 1 heterocycles. The van der Waals surface area contributed by atoms with E-state index in [-0.39, 0.29) is 6.04 Å². The van der Waals surface area contributed by atoms with Crippen LogP contribution in [0.25, 0.3) is 0 Å². The zero-order valence-corrected chi connectivity index (χ0v) is 14.8. The molecule has 4 nitrogen and oxygen atoms in total. The highest BCUT2D eigenvalue weighted by atomic mass is 32.2. The predicted molar refractivity (Wildman–Crippen MR) is 88.3 cm³/mol. The summed E-state index contributed by atoms with van der Waals surface area (Å²) in [4.78, 5) is 1.13. The zero-order valence-electron chi connectivity index (χ0n) is 13.1. The van der Waals surface area contributed by atoms with E-state index >= 15 is 0 Å². The third-order valence-electron chi connectivity index (χ3n) is 3.70. The predicted octanol–water partition coefficient (Wildman–Crippen LogP) is 2.71. The molecule has 0 amide bonds. The van der Waals surface area contributed by atoms with Crippen molar-refractivity contribution in [2.45, 2.75) is 49.8 Å². The summed E-state index contributed by atoms with van der Waals surface area (Å²) in [6.45, 7) is 5.80.